The van der Waals surface area contributed by atoms with E-state index in [1.807, 2.05) is 0 Å². The molecule has 0 aromatic heterocycles. The molecule has 74 valence electrons. The quantitative estimate of drug-likeness (QED) is 0.712. The molecule has 1 saturated heterocycles. The minimum absolute atomic E-state index is 0. The lowest BCUT2D eigenvalue weighted by atomic mass is 10.4. The second kappa shape index (κ2) is 7.25. The molecule has 4 heteroatoms. The van der Waals surface area contributed by atoms with Crippen LogP contribution in [0.15, 0.2) is 0 Å². The topological polar surface area (TPSA) is 6.48 Å². The van der Waals surface area contributed by atoms with Crippen molar-refractivity contribution in [3.63, 3.8) is 0 Å². The van der Waals surface area contributed by atoms with Crippen molar-refractivity contribution < 1.29 is 0 Å². The third-order valence-electron chi connectivity index (χ3n) is 2.15. The first-order valence-electron chi connectivity index (χ1n) is 4.63. The number of rotatable bonds is 4. The summed E-state index contributed by atoms with van der Waals surface area (Å²) >= 11 is 0. The van der Waals surface area contributed by atoms with Crippen LogP contribution >= 0.6 is 25.9 Å². The van der Waals surface area contributed by atoms with Crippen LogP contribution in [0.3, 0.4) is 0 Å². The fraction of sp³-hybridized carbons (Fsp3) is 1.00. The molecule has 0 N–H and O–H groups in total. The summed E-state index contributed by atoms with van der Waals surface area (Å²) in [6, 6.07) is 0. The van der Waals surface area contributed by atoms with E-state index in [0.29, 0.717) is 0 Å². The molecule has 2 nitrogen and oxygen atoms in total. The Morgan fingerprint density at radius 2 is 1.67 bits per heavy atom. The molecule has 1 heterocycles. The smallest absolute Gasteiger partial charge is 0.0240 e. The van der Waals surface area contributed by atoms with E-state index >= 15 is 0 Å². The van der Waals surface area contributed by atoms with Gasteiger partial charge in [-0.2, -0.15) is 0 Å². The van der Waals surface area contributed by atoms with Gasteiger partial charge in [0.05, 0.1) is 0 Å². The number of hydrogen-bond acceptors (Lipinski definition) is 2. The molecule has 0 radical (unpaired) electrons. The van der Waals surface area contributed by atoms with Gasteiger partial charge in [-0.1, -0.05) is 13.8 Å². The van der Waals surface area contributed by atoms with Gasteiger partial charge in [0.15, 0.2) is 0 Å². The van der Waals surface area contributed by atoms with Gasteiger partial charge in [0.2, 0.25) is 0 Å². The van der Waals surface area contributed by atoms with Gasteiger partial charge < -0.3 is 0 Å². The molecule has 0 bridgehead atoms. The molecule has 1 unspecified atom stereocenters. The molecular weight excluding hydrogens is 235 g/mol. The van der Waals surface area contributed by atoms with Crippen molar-refractivity contribution >= 4 is 25.9 Å². The van der Waals surface area contributed by atoms with Crippen LogP contribution in [-0.4, -0.2) is 35.5 Å². The Morgan fingerprint density at radius 3 is 2.08 bits per heavy atom. The van der Waals surface area contributed by atoms with E-state index in [4.69, 9.17) is 0 Å². The van der Waals surface area contributed by atoms with E-state index in [2.05, 4.69) is 23.2 Å². The van der Waals surface area contributed by atoms with Crippen LogP contribution in [-0.2, 0) is 0 Å². The number of hydrogen-bond donors (Lipinski definition) is 0. The molecule has 0 aliphatic carbocycles. The fourth-order valence-corrected chi connectivity index (χ4v) is 2.58. The zero-order valence-electron chi connectivity index (χ0n) is 8.05. The standard InChI is InChI=1S/C8H19N2P.BrH/c1-3-9(4-2)11-10-7-5-6-8-10;/h11H,3-8H2,1-2H3;1H. The van der Waals surface area contributed by atoms with Gasteiger partial charge in [-0.05, 0) is 12.8 Å². The first-order chi connectivity index (χ1) is 5.36. The molecule has 0 aromatic carbocycles. The molecule has 12 heavy (non-hydrogen) atoms. The largest absolute Gasteiger partial charge is 0.273 e. The van der Waals surface area contributed by atoms with Gasteiger partial charge in [0.1, 0.15) is 0 Å². The molecule has 1 atom stereocenters. The van der Waals surface area contributed by atoms with Gasteiger partial charge in [-0.3, -0.25) is 9.34 Å². The van der Waals surface area contributed by atoms with Crippen molar-refractivity contribution in [2.75, 3.05) is 26.2 Å². The Labute approximate surface area is 88.3 Å². The Kier molecular flexibility index (Phi) is 7.76. The van der Waals surface area contributed by atoms with Crippen LogP contribution in [0.25, 0.3) is 0 Å². The van der Waals surface area contributed by atoms with E-state index in [1.165, 1.54) is 39.0 Å². The van der Waals surface area contributed by atoms with Gasteiger partial charge >= 0.3 is 0 Å². The van der Waals surface area contributed by atoms with Crippen molar-refractivity contribution in [2.24, 2.45) is 0 Å². The van der Waals surface area contributed by atoms with Crippen molar-refractivity contribution in [1.82, 2.24) is 9.34 Å². The SMILES string of the molecule is Br.CCN(CC)PN1CCCC1. The van der Waals surface area contributed by atoms with E-state index in [-0.39, 0.29) is 17.0 Å². The number of nitrogens with zero attached hydrogens (tertiary/aromatic N) is 2. The zero-order valence-corrected chi connectivity index (χ0v) is 10.8. The second-order valence-electron chi connectivity index (χ2n) is 2.97. The Hall–Kier alpha value is 0.830. The van der Waals surface area contributed by atoms with Crippen LogP contribution in [0.1, 0.15) is 26.7 Å². The van der Waals surface area contributed by atoms with Gasteiger partial charge in [0.25, 0.3) is 0 Å². The maximum Gasteiger partial charge on any atom is 0.0240 e. The van der Waals surface area contributed by atoms with Gasteiger partial charge in [0, 0.05) is 35.1 Å². The molecule has 1 aliphatic heterocycles. The second-order valence-corrected chi connectivity index (χ2v) is 4.43. The fourth-order valence-electron chi connectivity index (χ4n) is 1.38. The van der Waals surface area contributed by atoms with E-state index < -0.39 is 0 Å². The first-order valence-corrected chi connectivity index (χ1v) is 5.52. The molecule has 0 aromatic rings. The predicted octanol–water partition coefficient (Wildman–Crippen LogP) is 2.51. The average Bonchev–Trinajstić information content (AvgIpc) is 2.52. The number of halogens is 1. The summed E-state index contributed by atoms with van der Waals surface area (Å²) < 4.78 is 5.08. The summed E-state index contributed by atoms with van der Waals surface area (Å²) in [6.45, 7) is 9.54. The minimum Gasteiger partial charge on any atom is -0.273 e. The zero-order chi connectivity index (χ0) is 8.10. The summed E-state index contributed by atoms with van der Waals surface area (Å²) in [7, 11) is 0.944. The Bertz CT molecular complexity index is 103. The molecule has 0 saturated carbocycles. The molecule has 0 amide bonds. The van der Waals surface area contributed by atoms with Crippen LogP contribution in [0.4, 0.5) is 0 Å². The van der Waals surface area contributed by atoms with Crippen LogP contribution in [0.5, 0.6) is 0 Å². The average molecular weight is 255 g/mol. The lowest BCUT2D eigenvalue weighted by Crippen LogP contribution is -2.20. The van der Waals surface area contributed by atoms with E-state index in [1.54, 1.807) is 0 Å². The summed E-state index contributed by atoms with van der Waals surface area (Å²) in [5.41, 5.74) is 0. The van der Waals surface area contributed by atoms with E-state index in [0.717, 1.165) is 8.88 Å². The molecule has 1 fully saturated rings. The van der Waals surface area contributed by atoms with Crippen molar-refractivity contribution in [3.8, 4) is 0 Å². The predicted molar refractivity (Wildman–Crippen MR) is 62.4 cm³/mol. The summed E-state index contributed by atoms with van der Waals surface area (Å²) in [4.78, 5) is 0. The Balaban J connectivity index is 0.00000121. The third-order valence-corrected chi connectivity index (χ3v) is 3.80. The van der Waals surface area contributed by atoms with Crippen LogP contribution in [0.2, 0.25) is 0 Å². The van der Waals surface area contributed by atoms with Crippen molar-refractivity contribution in [3.05, 3.63) is 0 Å². The summed E-state index contributed by atoms with van der Waals surface area (Å²) in [6.07, 6.45) is 2.82. The maximum atomic E-state index is 2.58. The highest BCUT2D eigenvalue weighted by Crippen LogP contribution is 2.27. The third kappa shape index (κ3) is 4.18. The van der Waals surface area contributed by atoms with E-state index in [9.17, 15) is 0 Å². The maximum absolute atomic E-state index is 2.58. The molecular formula is C8H20BrN2P. The summed E-state index contributed by atoms with van der Waals surface area (Å²) in [5, 5.41) is 0. The highest BCUT2D eigenvalue weighted by atomic mass is 79.9. The lowest BCUT2D eigenvalue weighted by Gasteiger charge is -2.24. The van der Waals surface area contributed by atoms with Crippen LogP contribution in [0, 0.1) is 0 Å². The highest BCUT2D eigenvalue weighted by Gasteiger charge is 2.13. The molecule has 0 spiro atoms. The lowest BCUT2D eigenvalue weighted by molar-refractivity contribution is 0.461. The summed E-state index contributed by atoms with van der Waals surface area (Å²) in [5.74, 6) is 0. The van der Waals surface area contributed by atoms with Crippen LogP contribution < -0.4 is 0 Å². The Morgan fingerprint density at radius 1 is 1.17 bits per heavy atom. The normalized spacial score (nSPS) is 19.2. The first kappa shape index (κ1) is 12.8. The van der Waals surface area contributed by atoms with Crippen molar-refractivity contribution in [2.45, 2.75) is 26.7 Å². The van der Waals surface area contributed by atoms with Crippen molar-refractivity contribution in [1.29, 1.82) is 0 Å². The molecule has 1 aliphatic rings. The van der Waals surface area contributed by atoms with Gasteiger partial charge in [-0.25, -0.2) is 0 Å². The monoisotopic (exact) mass is 254 g/mol. The minimum atomic E-state index is 0. The molecule has 1 rings (SSSR count). The highest BCUT2D eigenvalue weighted by molar-refractivity contribution is 8.93. The van der Waals surface area contributed by atoms with Gasteiger partial charge in [-0.15, -0.1) is 17.0 Å².